The summed E-state index contributed by atoms with van der Waals surface area (Å²) in [5.41, 5.74) is 1.21. The predicted octanol–water partition coefficient (Wildman–Crippen LogP) is 0.0281. The number of hydrogen-bond acceptors (Lipinski definition) is 5. The van der Waals surface area contributed by atoms with E-state index in [4.69, 9.17) is 5.11 Å². The monoisotopic (exact) mass is 298 g/mol. The van der Waals surface area contributed by atoms with E-state index in [-0.39, 0.29) is 4.90 Å². The summed E-state index contributed by atoms with van der Waals surface area (Å²) in [7, 11) is -2.22. The van der Waals surface area contributed by atoms with Gasteiger partial charge in [0.1, 0.15) is 10.9 Å². The van der Waals surface area contributed by atoms with Gasteiger partial charge in [-0.3, -0.25) is 9.48 Å². The van der Waals surface area contributed by atoms with Crippen molar-refractivity contribution in [2.75, 3.05) is 0 Å². The van der Waals surface area contributed by atoms with E-state index in [0.717, 1.165) is 0 Å². The van der Waals surface area contributed by atoms with Crippen molar-refractivity contribution in [3.05, 3.63) is 18.0 Å². The lowest BCUT2D eigenvalue weighted by Crippen LogP contribution is -2.38. The fourth-order valence-corrected chi connectivity index (χ4v) is 2.95. The molecular formula is C11H14N4O4S. The first-order valence-electron chi connectivity index (χ1n) is 5.77. The molecule has 0 fully saturated rings. The highest BCUT2D eigenvalue weighted by Gasteiger charge is 2.22. The molecule has 0 aromatic carbocycles. The Labute approximate surface area is 115 Å². The van der Waals surface area contributed by atoms with E-state index in [1.54, 1.807) is 18.7 Å². The lowest BCUT2D eigenvalue weighted by atomic mass is 10.3. The van der Waals surface area contributed by atoms with Crippen LogP contribution in [0.25, 0.3) is 11.0 Å². The van der Waals surface area contributed by atoms with Gasteiger partial charge in [-0.25, -0.2) is 13.4 Å². The van der Waals surface area contributed by atoms with Crippen LogP contribution < -0.4 is 4.72 Å². The van der Waals surface area contributed by atoms with Crippen LogP contribution in [0.5, 0.6) is 0 Å². The fourth-order valence-electron chi connectivity index (χ4n) is 1.79. The van der Waals surface area contributed by atoms with Crippen LogP contribution in [0, 0.1) is 6.92 Å². The van der Waals surface area contributed by atoms with E-state index in [2.05, 4.69) is 14.8 Å². The van der Waals surface area contributed by atoms with Crippen molar-refractivity contribution in [3.8, 4) is 0 Å². The Hall–Kier alpha value is -2.00. The highest BCUT2D eigenvalue weighted by atomic mass is 32.2. The molecule has 0 spiro atoms. The first kappa shape index (κ1) is 14.4. The maximum atomic E-state index is 12.1. The largest absolute Gasteiger partial charge is 0.480 e. The summed E-state index contributed by atoms with van der Waals surface area (Å²) in [6.45, 7) is 2.99. The number of aryl methyl sites for hydroxylation is 2. The second-order valence-corrected chi connectivity index (χ2v) is 6.15. The Morgan fingerprint density at radius 3 is 2.75 bits per heavy atom. The maximum Gasteiger partial charge on any atom is 0.321 e. The molecule has 108 valence electrons. The number of pyridine rings is 1. The summed E-state index contributed by atoms with van der Waals surface area (Å²) >= 11 is 0. The first-order valence-corrected chi connectivity index (χ1v) is 7.25. The van der Waals surface area contributed by atoms with Crippen LogP contribution in [-0.2, 0) is 21.9 Å². The molecule has 2 rings (SSSR count). The van der Waals surface area contributed by atoms with Gasteiger partial charge >= 0.3 is 5.97 Å². The summed E-state index contributed by atoms with van der Waals surface area (Å²) < 4.78 is 27.8. The Morgan fingerprint density at radius 1 is 1.50 bits per heavy atom. The van der Waals surface area contributed by atoms with E-state index < -0.39 is 22.0 Å². The predicted molar refractivity (Wildman–Crippen MR) is 70.7 cm³/mol. The summed E-state index contributed by atoms with van der Waals surface area (Å²) in [6.07, 6.45) is 1.18. The highest BCUT2D eigenvalue weighted by Crippen LogP contribution is 2.19. The lowest BCUT2D eigenvalue weighted by Gasteiger charge is -2.10. The number of carbonyl (C=O) groups is 1. The standard InChI is InChI=1S/C11H14N4O4S/c1-6-9-4-8(5-12-10(9)15(3)13-6)20(18,19)14-7(2)11(16)17/h4-5,7,14H,1-3H3,(H,16,17)/t7-/m0/s1. The van der Waals surface area contributed by atoms with Crippen molar-refractivity contribution >= 4 is 27.0 Å². The van der Waals surface area contributed by atoms with E-state index in [1.807, 2.05) is 0 Å². The van der Waals surface area contributed by atoms with Crippen LogP contribution in [0.2, 0.25) is 0 Å². The summed E-state index contributed by atoms with van der Waals surface area (Å²) in [4.78, 5) is 14.7. The average Bonchev–Trinajstić information content (AvgIpc) is 2.64. The quantitative estimate of drug-likeness (QED) is 0.823. The van der Waals surface area contributed by atoms with Crippen molar-refractivity contribution in [2.45, 2.75) is 24.8 Å². The van der Waals surface area contributed by atoms with Crippen LogP contribution in [-0.4, -0.2) is 40.3 Å². The normalized spacial score (nSPS) is 13.6. The molecule has 0 saturated heterocycles. The molecule has 8 nitrogen and oxygen atoms in total. The minimum atomic E-state index is -3.93. The van der Waals surface area contributed by atoms with Gasteiger partial charge in [-0.2, -0.15) is 9.82 Å². The van der Waals surface area contributed by atoms with Gasteiger partial charge in [-0.05, 0) is 19.9 Å². The zero-order valence-electron chi connectivity index (χ0n) is 11.2. The summed E-state index contributed by atoms with van der Waals surface area (Å²) in [5.74, 6) is -1.25. The van der Waals surface area contributed by atoms with Crippen LogP contribution >= 0.6 is 0 Å². The van der Waals surface area contributed by atoms with Crippen molar-refractivity contribution in [1.29, 1.82) is 0 Å². The third-order valence-electron chi connectivity index (χ3n) is 2.85. The number of aliphatic carboxylic acids is 1. The smallest absolute Gasteiger partial charge is 0.321 e. The molecule has 0 saturated carbocycles. The molecule has 0 aliphatic heterocycles. The molecule has 0 aliphatic rings. The zero-order chi connectivity index (χ0) is 15.1. The molecule has 1 atom stereocenters. The molecule has 0 amide bonds. The van der Waals surface area contributed by atoms with Crippen LogP contribution in [0.1, 0.15) is 12.6 Å². The van der Waals surface area contributed by atoms with Crippen molar-refractivity contribution in [3.63, 3.8) is 0 Å². The molecule has 0 bridgehead atoms. The topological polar surface area (TPSA) is 114 Å². The summed E-state index contributed by atoms with van der Waals surface area (Å²) in [6, 6.07) is 0.215. The molecule has 2 heterocycles. The van der Waals surface area contributed by atoms with Crippen LogP contribution in [0.15, 0.2) is 17.2 Å². The maximum absolute atomic E-state index is 12.1. The number of nitrogens with one attached hydrogen (secondary N) is 1. The molecule has 20 heavy (non-hydrogen) atoms. The highest BCUT2D eigenvalue weighted by molar-refractivity contribution is 7.89. The van der Waals surface area contributed by atoms with Crippen molar-refractivity contribution in [2.24, 2.45) is 7.05 Å². The number of nitrogens with zero attached hydrogens (tertiary/aromatic N) is 3. The van der Waals surface area contributed by atoms with Gasteiger partial charge in [0.05, 0.1) is 5.69 Å². The fraction of sp³-hybridized carbons (Fsp3) is 0.364. The summed E-state index contributed by atoms with van der Waals surface area (Å²) in [5, 5.41) is 13.5. The second-order valence-electron chi connectivity index (χ2n) is 4.43. The molecule has 0 unspecified atom stereocenters. The van der Waals surface area contributed by atoms with Gasteiger partial charge < -0.3 is 5.11 Å². The lowest BCUT2D eigenvalue weighted by molar-refractivity contribution is -0.138. The molecule has 0 aliphatic carbocycles. The first-order chi connectivity index (χ1) is 9.22. The third-order valence-corrected chi connectivity index (χ3v) is 4.36. The number of fused-ring (bicyclic) bond motifs is 1. The van der Waals surface area contributed by atoms with Gasteiger partial charge in [-0.1, -0.05) is 0 Å². The van der Waals surface area contributed by atoms with Gasteiger partial charge in [0, 0.05) is 18.6 Å². The van der Waals surface area contributed by atoms with Crippen LogP contribution in [0.3, 0.4) is 0 Å². The Kier molecular flexibility index (Phi) is 3.48. The van der Waals surface area contributed by atoms with Crippen molar-refractivity contribution < 1.29 is 18.3 Å². The van der Waals surface area contributed by atoms with Gasteiger partial charge in [0.15, 0.2) is 5.65 Å². The minimum absolute atomic E-state index is 0.0887. The third kappa shape index (κ3) is 2.49. The van der Waals surface area contributed by atoms with E-state index in [1.165, 1.54) is 19.2 Å². The van der Waals surface area contributed by atoms with Crippen molar-refractivity contribution in [1.82, 2.24) is 19.5 Å². The molecule has 2 aromatic heterocycles. The molecule has 9 heteroatoms. The van der Waals surface area contributed by atoms with Gasteiger partial charge in [0.25, 0.3) is 0 Å². The number of sulfonamides is 1. The Balaban J connectivity index is 2.47. The van der Waals surface area contributed by atoms with E-state index in [9.17, 15) is 13.2 Å². The van der Waals surface area contributed by atoms with Crippen LogP contribution in [0.4, 0.5) is 0 Å². The number of rotatable bonds is 4. The van der Waals surface area contributed by atoms with Gasteiger partial charge in [-0.15, -0.1) is 0 Å². The molecule has 2 N–H and O–H groups in total. The SMILES string of the molecule is Cc1nn(C)c2ncc(S(=O)(=O)N[C@@H](C)C(=O)O)cc12. The molecule has 2 aromatic rings. The van der Waals surface area contributed by atoms with E-state index >= 15 is 0 Å². The Morgan fingerprint density at radius 2 is 2.15 bits per heavy atom. The number of carboxylic acid groups (broad SMARTS) is 1. The minimum Gasteiger partial charge on any atom is -0.480 e. The second kappa shape index (κ2) is 4.84. The van der Waals surface area contributed by atoms with Gasteiger partial charge in [0.2, 0.25) is 10.0 Å². The molecule has 0 radical (unpaired) electrons. The zero-order valence-corrected chi connectivity index (χ0v) is 12.0. The Bertz CT molecular complexity index is 781. The molecular weight excluding hydrogens is 284 g/mol. The number of aromatic nitrogens is 3. The average molecular weight is 298 g/mol. The van der Waals surface area contributed by atoms with E-state index in [0.29, 0.717) is 16.7 Å². The number of hydrogen-bond donors (Lipinski definition) is 2. The number of carboxylic acids is 1.